The van der Waals surface area contributed by atoms with Gasteiger partial charge in [0, 0.05) is 26.1 Å². The highest BCUT2D eigenvalue weighted by molar-refractivity contribution is 5.98. The molecule has 1 aromatic carbocycles. The van der Waals surface area contributed by atoms with Crippen LogP contribution in [0.1, 0.15) is 25.3 Å². The number of hydrogen-bond donors (Lipinski definition) is 3. The molecule has 3 unspecified atom stereocenters. The van der Waals surface area contributed by atoms with Crippen LogP contribution in [0.3, 0.4) is 0 Å². The minimum absolute atomic E-state index is 0.138. The van der Waals surface area contributed by atoms with Crippen molar-refractivity contribution in [3.8, 4) is 0 Å². The zero-order valence-electron chi connectivity index (χ0n) is 14.2. The minimum Gasteiger partial charge on any atom is -0.391 e. The molecule has 2 heterocycles. The van der Waals surface area contributed by atoms with Gasteiger partial charge in [-0.3, -0.25) is 14.4 Å². The lowest BCUT2D eigenvalue weighted by molar-refractivity contribution is -0.176. The molecule has 0 aliphatic carbocycles. The molecule has 1 spiro atoms. The number of carbonyl (C=O) groups excluding carboxylic acids is 3. The van der Waals surface area contributed by atoms with Crippen LogP contribution in [0, 0.1) is 5.41 Å². The van der Waals surface area contributed by atoms with Crippen molar-refractivity contribution in [3.05, 3.63) is 35.9 Å². The van der Waals surface area contributed by atoms with Gasteiger partial charge in [-0.05, 0) is 18.9 Å². The number of hydrogen-bond acceptors (Lipinski definition) is 4. The number of β-lactam (4-membered cyclic amide) rings is 1. The van der Waals surface area contributed by atoms with Gasteiger partial charge in [0.25, 0.3) is 0 Å². The topological polar surface area (TPSA) is 98.7 Å². The largest absolute Gasteiger partial charge is 0.391 e. The lowest BCUT2D eigenvalue weighted by atomic mass is 9.70. The van der Waals surface area contributed by atoms with Crippen molar-refractivity contribution in [2.75, 3.05) is 13.1 Å². The molecule has 1 aromatic rings. The predicted molar refractivity (Wildman–Crippen MR) is 90.1 cm³/mol. The van der Waals surface area contributed by atoms with Crippen LogP contribution in [0.25, 0.3) is 0 Å². The van der Waals surface area contributed by atoms with Crippen LogP contribution in [-0.2, 0) is 20.9 Å². The molecule has 7 nitrogen and oxygen atoms in total. The Bertz CT molecular complexity index is 676. The molecule has 3 rings (SSSR count). The maximum Gasteiger partial charge on any atom is 0.245 e. The normalized spacial score (nSPS) is 25.1. The summed E-state index contributed by atoms with van der Waals surface area (Å²) in [7, 11) is 0. The van der Waals surface area contributed by atoms with Gasteiger partial charge in [-0.25, -0.2) is 0 Å². The van der Waals surface area contributed by atoms with Crippen molar-refractivity contribution in [3.63, 3.8) is 0 Å². The van der Waals surface area contributed by atoms with Gasteiger partial charge < -0.3 is 20.6 Å². The highest BCUT2D eigenvalue weighted by atomic mass is 16.3. The second-order valence-electron chi connectivity index (χ2n) is 6.88. The van der Waals surface area contributed by atoms with Crippen molar-refractivity contribution < 1.29 is 19.5 Å². The fourth-order valence-corrected chi connectivity index (χ4v) is 3.63. The zero-order chi connectivity index (χ0) is 18.0. The highest BCUT2D eigenvalue weighted by Gasteiger charge is 2.57. The standard InChI is InChI=1S/C18H23N3O4/c1-12(22)15(16(24)20-10-13-5-3-2-4-6-13)21-11-18(17(21)25)7-8-19-14(23)9-18/h2-6,12,15,22H,7-11H2,1H3,(H,19,23)(H,20,24). The number of nitrogens with one attached hydrogen (secondary N) is 2. The summed E-state index contributed by atoms with van der Waals surface area (Å²) in [4.78, 5) is 38.2. The average Bonchev–Trinajstić information content (AvgIpc) is 2.60. The van der Waals surface area contributed by atoms with E-state index < -0.39 is 17.6 Å². The third-order valence-corrected chi connectivity index (χ3v) is 4.98. The highest BCUT2D eigenvalue weighted by Crippen LogP contribution is 2.42. The van der Waals surface area contributed by atoms with Gasteiger partial charge in [0.15, 0.2) is 0 Å². The number of aliphatic hydroxyl groups excluding tert-OH is 1. The molecule has 3 atom stereocenters. The second kappa shape index (κ2) is 6.84. The van der Waals surface area contributed by atoms with Crippen LogP contribution in [0.4, 0.5) is 0 Å². The first-order valence-electron chi connectivity index (χ1n) is 8.50. The number of piperidine rings is 1. The Morgan fingerprint density at radius 1 is 1.36 bits per heavy atom. The molecule has 3 amide bonds. The lowest BCUT2D eigenvalue weighted by Gasteiger charge is -2.53. The first-order chi connectivity index (χ1) is 11.9. The van der Waals surface area contributed by atoms with E-state index in [1.807, 2.05) is 30.3 Å². The first-order valence-corrected chi connectivity index (χ1v) is 8.50. The number of rotatable bonds is 5. The summed E-state index contributed by atoms with van der Waals surface area (Å²) < 4.78 is 0. The monoisotopic (exact) mass is 345 g/mol. The summed E-state index contributed by atoms with van der Waals surface area (Å²) in [6.45, 7) is 2.63. The number of nitrogens with zero attached hydrogens (tertiary/aromatic N) is 1. The van der Waals surface area contributed by atoms with Crippen LogP contribution in [0.5, 0.6) is 0 Å². The summed E-state index contributed by atoms with van der Waals surface area (Å²) in [6.07, 6.45) is -0.262. The van der Waals surface area contributed by atoms with E-state index in [-0.39, 0.29) is 24.1 Å². The Labute approximate surface area is 146 Å². The molecule has 2 fully saturated rings. The summed E-state index contributed by atoms with van der Waals surface area (Å²) in [5.74, 6) is -0.744. The van der Waals surface area contributed by atoms with Gasteiger partial charge in [0.1, 0.15) is 6.04 Å². The summed E-state index contributed by atoms with van der Waals surface area (Å²) in [6, 6.07) is 8.49. The third kappa shape index (κ3) is 3.37. The number of likely N-dealkylation sites (tertiary alicyclic amines) is 1. The molecule has 7 heteroatoms. The van der Waals surface area contributed by atoms with Crippen molar-refractivity contribution >= 4 is 17.7 Å². The minimum atomic E-state index is -0.991. The molecule has 0 radical (unpaired) electrons. The molecule has 0 aromatic heterocycles. The van der Waals surface area contributed by atoms with E-state index in [0.717, 1.165) is 5.56 Å². The molecule has 2 saturated heterocycles. The maximum absolute atomic E-state index is 12.7. The molecular formula is C18H23N3O4. The molecule has 3 N–H and O–H groups in total. The third-order valence-electron chi connectivity index (χ3n) is 4.98. The van der Waals surface area contributed by atoms with Crippen molar-refractivity contribution in [1.82, 2.24) is 15.5 Å². The number of amides is 3. The van der Waals surface area contributed by atoms with E-state index in [0.29, 0.717) is 26.1 Å². The fraction of sp³-hybridized carbons (Fsp3) is 0.500. The van der Waals surface area contributed by atoms with Gasteiger partial charge in [-0.15, -0.1) is 0 Å². The number of benzene rings is 1. The quantitative estimate of drug-likeness (QED) is 0.643. The average molecular weight is 345 g/mol. The second-order valence-corrected chi connectivity index (χ2v) is 6.88. The van der Waals surface area contributed by atoms with E-state index in [1.165, 1.54) is 11.8 Å². The summed E-state index contributed by atoms with van der Waals surface area (Å²) in [5.41, 5.74) is 0.241. The van der Waals surface area contributed by atoms with Gasteiger partial charge in [-0.2, -0.15) is 0 Å². The smallest absolute Gasteiger partial charge is 0.245 e. The van der Waals surface area contributed by atoms with E-state index in [4.69, 9.17) is 0 Å². The van der Waals surface area contributed by atoms with Crippen molar-refractivity contribution in [2.24, 2.45) is 5.41 Å². The number of aliphatic hydroxyl groups is 1. The van der Waals surface area contributed by atoms with Crippen LogP contribution in [0.2, 0.25) is 0 Å². The molecule has 2 aliphatic rings. The predicted octanol–water partition coefficient (Wildman–Crippen LogP) is -0.209. The zero-order valence-corrected chi connectivity index (χ0v) is 14.2. The van der Waals surface area contributed by atoms with Gasteiger partial charge in [0.2, 0.25) is 17.7 Å². The van der Waals surface area contributed by atoms with Crippen molar-refractivity contribution in [1.29, 1.82) is 0 Å². The molecule has 134 valence electrons. The van der Waals surface area contributed by atoms with E-state index >= 15 is 0 Å². The van der Waals surface area contributed by atoms with Crippen LogP contribution < -0.4 is 10.6 Å². The van der Waals surface area contributed by atoms with E-state index in [1.54, 1.807) is 0 Å². The Hall–Kier alpha value is -2.41. The maximum atomic E-state index is 12.7. The van der Waals surface area contributed by atoms with E-state index in [9.17, 15) is 19.5 Å². The van der Waals surface area contributed by atoms with Crippen molar-refractivity contribution in [2.45, 2.75) is 38.5 Å². The lowest BCUT2D eigenvalue weighted by Crippen LogP contribution is -2.71. The molecule has 0 bridgehead atoms. The molecule has 2 aliphatic heterocycles. The molecular weight excluding hydrogens is 322 g/mol. The fourth-order valence-electron chi connectivity index (χ4n) is 3.63. The van der Waals surface area contributed by atoms with E-state index in [2.05, 4.69) is 10.6 Å². The Morgan fingerprint density at radius 3 is 2.68 bits per heavy atom. The SMILES string of the molecule is CC(O)C(C(=O)NCc1ccccc1)N1CC2(CCNC(=O)C2)C1=O. The summed E-state index contributed by atoms with van der Waals surface area (Å²) in [5, 5.41) is 15.5. The Balaban J connectivity index is 1.64. The van der Waals surface area contributed by atoms with Crippen LogP contribution in [-0.4, -0.2) is 53.0 Å². The van der Waals surface area contributed by atoms with Gasteiger partial charge in [-0.1, -0.05) is 30.3 Å². The Morgan fingerprint density at radius 2 is 2.08 bits per heavy atom. The van der Waals surface area contributed by atoms with Gasteiger partial charge in [0.05, 0.1) is 11.5 Å². The first kappa shape index (κ1) is 17.4. The Kier molecular flexibility index (Phi) is 4.76. The van der Waals surface area contributed by atoms with Crippen LogP contribution >= 0.6 is 0 Å². The van der Waals surface area contributed by atoms with Gasteiger partial charge >= 0.3 is 0 Å². The molecule has 25 heavy (non-hydrogen) atoms. The molecule has 0 saturated carbocycles. The van der Waals surface area contributed by atoms with Crippen LogP contribution in [0.15, 0.2) is 30.3 Å². The number of carbonyl (C=O) groups is 3. The summed E-state index contributed by atoms with van der Waals surface area (Å²) >= 11 is 0.